The van der Waals surface area contributed by atoms with E-state index in [9.17, 15) is 5.11 Å². The van der Waals surface area contributed by atoms with Crippen molar-refractivity contribution in [2.24, 2.45) is 0 Å². The van der Waals surface area contributed by atoms with Gasteiger partial charge in [0.25, 0.3) is 0 Å². The average molecular weight is 294 g/mol. The van der Waals surface area contributed by atoms with Crippen molar-refractivity contribution >= 4 is 5.69 Å². The third-order valence-corrected chi connectivity index (χ3v) is 3.71. The van der Waals surface area contributed by atoms with Gasteiger partial charge in [0, 0.05) is 39.8 Å². The molecule has 0 amide bonds. The maximum absolute atomic E-state index is 9.80. The first-order valence-electron chi connectivity index (χ1n) is 7.60. The van der Waals surface area contributed by atoms with E-state index in [1.54, 1.807) is 7.11 Å². The molecule has 1 aliphatic rings. The van der Waals surface area contributed by atoms with Crippen molar-refractivity contribution in [2.45, 2.75) is 13.0 Å². The van der Waals surface area contributed by atoms with Gasteiger partial charge in [-0.1, -0.05) is 12.1 Å². The summed E-state index contributed by atoms with van der Waals surface area (Å²) in [6.45, 7) is 7.55. The summed E-state index contributed by atoms with van der Waals surface area (Å²) < 4.78 is 10.7. The lowest BCUT2D eigenvalue weighted by molar-refractivity contribution is 0.0365. The smallest absolute Gasteiger partial charge is 0.142 e. The van der Waals surface area contributed by atoms with Gasteiger partial charge >= 0.3 is 0 Å². The Morgan fingerprint density at radius 3 is 2.57 bits per heavy atom. The van der Waals surface area contributed by atoms with Gasteiger partial charge in [-0.15, -0.1) is 0 Å². The van der Waals surface area contributed by atoms with Crippen molar-refractivity contribution in [2.75, 3.05) is 57.9 Å². The largest absolute Gasteiger partial charge is 0.492 e. The number of aliphatic hydroxyl groups is 1. The van der Waals surface area contributed by atoms with E-state index in [4.69, 9.17) is 9.47 Å². The molecule has 0 spiro atoms. The predicted molar refractivity (Wildman–Crippen MR) is 84.1 cm³/mol. The standard InChI is InChI=1S/C16H26N2O3/c1-3-21-16-7-5-4-6-15(16)18-10-8-17(9-11-18)12-14(19)13-20-2/h4-7,14,19H,3,8-13H2,1-2H3/t14-/m1/s1. The minimum Gasteiger partial charge on any atom is -0.492 e. The lowest BCUT2D eigenvalue weighted by Gasteiger charge is -2.37. The van der Waals surface area contributed by atoms with Crippen LogP contribution in [0.3, 0.4) is 0 Å². The Hall–Kier alpha value is -1.30. The quantitative estimate of drug-likeness (QED) is 0.819. The molecule has 0 bridgehead atoms. The molecule has 5 heteroatoms. The first-order valence-corrected chi connectivity index (χ1v) is 7.60. The Kier molecular flexibility index (Phi) is 6.29. The molecule has 1 atom stereocenters. The fourth-order valence-corrected chi connectivity index (χ4v) is 2.71. The highest BCUT2D eigenvalue weighted by Crippen LogP contribution is 2.28. The summed E-state index contributed by atoms with van der Waals surface area (Å²) in [6.07, 6.45) is -0.405. The summed E-state index contributed by atoms with van der Waals surface area (Å²) in [5, 5.41) is 9.80. The Morgan fingerprint density at radius 1 is 1.19 bits per heavy atom. The number of rotatable bonds is 7. The van der Waals surface area contributed by atoms with E-state index in [0.29, 0.717) is 19.8 Å². The second-order valence-electron chi connectivity index (χ2n) is 5.30. The van der Waals surface area contributed by atoms with Crippen LogP contribution in [-0.4, -0.2) is 69.2 Å². The van der Waals surface area contributed by atoms with Crippen LogP contribution in [0.25, 0.3) is 0 Å². The van der Waals surface area contributed by atoms with E-state index in [2.05, 4.69) is 15.9 Å². The summed E-state index contributed by atoms with van der Waals surface area (Å²) >= 11 is 0. The molecule has 118 valence electrons. The number of ether oxygens (including phenoxy) is 2. The van der Waals surface area contributed by atoms with Crippen LogP contribution in [-0.2, 0) is 4.74 Å². The predicted octanol–water partition coefficient (Wildman–Crippen LogP) is 1.21. The number of hydrogen-bond donors (Lipinski definition) is 1. The average Bonchev–Trinajstić information content (AvgIpc) is 2.49. The van der Waals surface area contributed by atoms with Crippen molar-refractivity contribution in [1.82, 2.24) is 4.90 Å². The monoisotopic (exact) mass is 294 g/mol. The van der Waals surface area contributed by atoms with Crippen molar-refractivity contribution in [3.05, 3.63) is 24.3 Å². The van der Waals surface area contributed by atoms with E-state index in [-0.39, 0.29) is 0 Å². The highest BCUT2D eigenvalue weighted by atomic mass is 16.5. The molecule has 0 unspecified atom stereocenters. The second-order valence-corrected chi connectivity index (χ2v) is 5.30. The fourth-order valence-electron chi connectivity index (χ4n) is 2.71. The van der Waals surface area contributed by atoms with Gasteiger partial charge in [0.2, 0.25) is 0 Å². The molecule has 0 radical (unpaired) electrons. The zero-order chi connectivity index (χ0) is 15.1. The van der Waals surface area contributed by atoms with Gasteiger partial charge in [-0.25, -0.2) is 0 Å². The maximum Gasteiger partial charge on any atom is 0.142 e. The molecule has 1 fully saturated rings. The molecule has 1 aliphatic heterocycles. The van der Waals surface area contributed by atoms with Gasteiger partial charge in [0.15, 0.2) is 0 Å². The topological polar surface area (TPSA) is 45.2 Å². The number of methoxy groups -OCH3 is 1. The minimum atomic E-state index is -0.405. The van der Waals surface area contributed by atoms with Gasteiger partial charge in [-0.3, -0.25) is 4.90 Å². The molecular weight excluding hydrogens is 268 g/mol. The van der Waals surface area contributed by atoms with Crippen LogP contribution in [0, 0.1) is 0 Å². The van der Waals surface area contributed by atoms with E-state index in [0.717, 1.165) is 37.6 Å². The van der Waals surface area contributed by atoms with Gasteiger partial charge in [-0.05, 0) is 19.1 Å². The molecule has 1 saturated heterocycles. The number of para-hydroxylation sites is 2. The SMILES string of the molecule is CCOc1ccccc1N1CCN(C[C@@H](O)COC)CC1. The van der Waals surface area contributed by atoms with E-state index in [1.807, 2.05) is 25.1 Å². The fraction of sp³-hybridized carbons (Fsp3) is 0.625. The molecule has 0 aromatic heterocycles. The third-order valence-electron chi connectivity index (χ3n) is 3.71. The second kappa shape index (κ2) is 8.22. The summed E-state index contributed by atoms with van der Waals surface area (Å²) in [5.74, 6) is 0.952. The zero-order valence-corrected chi connectivity index (χ0v) is 13.0. The first kappa shape index (κ1) is 16.1. The van der Waals surface area contributed by atoms with E-state index in [1.165, 1.54) is 0 Å². The summed E-state index contributed by atoms with van der Waals surface area (Å²) in [7, 11) is 1.62. The van der Waals surface area contributed by atoms with Gasteiger partial charge in [0.05, 0.1) is 25.0 Å². The molecule has 2 rings (SSSR count). The van der Waals surface area contributed by atoms with Crippen molar-refractivity contribution in [3.63, 3.8) is 0 Å². The molecule has 1 aromatic carbocycles. The van der Waals surface area contributed by atoms with Crippen LogP contribution in [0.1, 0.15) is 6.92 Å². The molecule has 21 heavy (non-hydrogen) atoms. The van der Waals surface area contributed by atoms with Crippen LogP contribution < -0.4 is 9.64 Å². The van der Waals surface area contributed by atoms with E-state index >= 15 is 0 Å². The van der Waals surface area contributed by atoms with Crippen LogP contribution in [0.2, 0.25) is 0 Å². The number of benzene rings is 1. The Morgan fingerprint density at radius 2 is 1.90 bits per heavy atom. The zero-order valence-electron chi connectivity index (χ0n) is 13.0. The number of hydrogen-bond acceptors (Lipinski definition) is 5. The molecule has 1 aromatic rings. The highest BCUT2D eigenvalue weighted by molar-refractivity contribution is 5.58. The molecule has 0 saturated carbocycles. The van der Waals surface area contributed by atoms with Crippen molar-refractivity contribution in [3.8, 4) is 5.75 Å². The number of anilines is 1. The summed E-state index contributed by atoms with van der Waals surface area (Å²) in [6, 6.07) is 8.19. The number of nitrogens with zero attached hydrogens (tertiary/aromatic N) is 2. The molecular formula is C16H26N2O3. The Balaban J connectivity index is 1.89. The lowest BCUT2D eigenvalue weighted by Crippen LogP contribution is -2.49. The summed E-state index contributed by atoms with van der Waals surface area (Å²) in [4.78, 5) is 4.63. The van der Waals surface area contributed by atoms with Crippen LogP contribution in [0.15, 0.2) is 24.3 Å². The highest BCUT2D eigenvalue weighted by Gasteiger charge is 2.21. The molecule has 5 nitrogen and oxygen atoms in total. The molecule has 1 heterocycles. The maximum atomic E-state index is 9.80. The normalized spacial score (nSPS) is 17.8. The number of β-amino-alcohol motifs (C(OH)–C–C–N with tert-alkyl or cyclic N) is 1. The van der Waals surface area contributed by atoms with Crippen LogP contribution in [0.5, 0.6) is 5.75 Å². The number of piperazine rings is 1. The van der Waals surface area contributed by atoms with Crippen molar-refractivity contribution < 1.29 is 14.6 Å². The van der Waals surface area contributed by atoms with Crippen LogP contribution >= 0.6 is 0 Å². The van der Waals surface area contributed by atoms with E-state index < -0.39 is 6.10 Å². The third kappa shape index (κ3) is 4.59. The lowest BCUT2D eigenvalue weighted by atomic mass is 10.2. The number of aliphatic hydroxyl groups excluding tert-OH is 1. The summed E-state index contributed by atoms with van der Waals surface area (Å²) in [5.41, 5.74) is 1.16. The van der Waals surface area contributed by atoms with Gasteiger partial charge in [0.1, 0.15) is 5.75 Å². The van der Waals surface area contributed by atoms with Gasteiger partial charge < -0.3 is 19.5 Å². The van der Waals surface area contributed by atoms with Crippen LogP contribution in [0.4, 0.5) is 5.69 Å². The van der Waals surface area contributed by atoms with Crippen molar-refractivity contribution in [1.29, 1.82) is 0 Å². The van der Waals surface area contributed by atoms with Gasteiger partial charge in [-0.2, -0.15) is 0 Å². The first-order chi connectivity index (χ1) is 10.2. The minimum absolute atomic E-state index is 0.396. The Bertz CT molecular complexity index is 420. The Labute approximate surface area is 127 Å². The molecule has 1 N–H and O–H groups in total. The molecule has 0 aliphatic carbocycles.